The van der Waals surface area contributed by atoms with E-state index in [4.69, 9.17) is 5.14 Å². The van der Waals surface area contributed by atoms with E-state index in [1.807, 2.05) is 4.90 Å². The first-order chi connectivity index (χ1) is 16.0. The van der Waals surface area contributed by atoms with Crippen LogP contribution in [-0.4, -0.2) is 24.9 Å². The number of hydrogen-bond acceptors (Lipinski definition) is 5. The molecular formula is C24H25F3N4O2S. The van der Waals surface area contributed by atoms with Gasteiger partial charge in [-0.25, -0.2) is 36.7 Å². The highest BCUT2D eigenvalue weighted by Crippen LogP contribution is 2.37. The molecule has 4 rings (SSSR count). The molecule has 2 N–H and O–H groups in total. The zero-order valence-corrected chi connectivity index (χ0v) is 19.4. The lowest BCUT2D eigenvalue weighted by atomic mass is 10.0. The lowest BCUT2D eigenvalue weighted by Crippen LogP contribution is -2.25. The number of rotatable bonds is 7. The quantitative estimate of drug-likeness (QED) is 0.527. The third-order valence-electron chi connectivity index (χ3n) is 6.07. The van der Waals surface area contributed by atoms with Crippen molar-refractivity contribution < 1.29 is 21.6 Å². The maximum atomic E-state index is 15.4. The molecule has 0 amide bonds. The number of halogens is 3. The van der Waals surface area contributed by atoms with E-state index in [0.717, 1.165) is 30.9 Å². The maximum absolute atomic E-state index is 15.4. The summed E-state index contributed by atoms with van der Waals surface area (Å²) >= 11 is 0. The van der Waals surface area contributed by atoms with Crippen LogP contribution in [0.5, 0.6) is 0 Å². The van der Waals surface area contributed by atoms with Gasteiger partial charge in [-0.2, -0.15) is 0 Å². The zero-order chi connectivity index (χ0) is 24.5. The number of nitrogens with two attached hydrogens (primary N) is 1. The Morgan fingerprint density at radius 3 is 2.35 bits per heavy atom. The summed E-state index contributed by atoms with van der Waals surface area (Å²) in [5.41, 5.74) is 1.85. The van der Waals surface area contributed by atoms with Gasteiger partial charge in [0.05, 0.1) is 16.6 Å². The Kier molecular flexibility index (Phi) is 6.64. The molecule has 6 nitrogen and oxygen atoms in total. The molecule has 1 aromatic heterocycles. The summed E-state index contributed by atoms with van der Waals surface area (Å²) in [5.74, 6) is -3.23. The van der Waals surface area contributed by atoms with E-state index in [0.29, 0.717) is 19.4 Å². The Morgan fingerprint density at radius 2 is 1.74 bits per heavy atom. The summed E-state index contributed by atoms with van der Waals surface area (Å²) in [6, 6.07) is 12.1. The van der Waals surface area contributed by atoms with Gasteiger partial charge in [0.1, 0.15) is 6.33 Å². The third-order valence-corrected chi connectivity index (χ3v) is 7.00. The molecule has 34 heavy (non-hydrogen) atoms. The van der Waals surface area contributed by atoms with Gasteiger partial charge in [-0.05, 0) is 48.9 Å². The number of anilines is 1. The normalized spacial score (nSPS) is 16.7. The number of nitrogens with zero attached hydrogens (tertiary/aromatic N) is 3. The van der Waals surface area contributed by atoms with Crippen LogP contribution in [0.25, 0.3) is 0 Å². The number of aromatic nitrogens is 2. The standard InChI is InChI=1S/C24H25F3N4O2S/c1-24(26,27)18-9-7-17(8-10-18)21-3-2-14-31(21)23-22(25)20(29-15-30-23)13-6-16-4-11-19(12-5-16)34(28,32)33/h4-5,7-12,15,21H,2-3,6,13-14H2,1H3,(H2,28,32,33). The second kappa shape index (κ2) is 9.34. The summed E-state index contributed by atoms with van der Waals surface area (Å²) in [5, 5.41) is 5.12. The molecule has 2 heterocycles. The van der Waals surface area contributed by atoms with E-state index in [-0.39, 0.29) is 28.0 Å². The Morgan fingerprint density at radius 1 is 1.06 bits per heavy atom. The molecule has 1 saturated heterocycles. The summed E-state index contributed by atoms with van der Waals surface area (Å²) in [6.07, 6.45) is 3.67. The lowest BCUT2D eigenvalue weighted by molar-refractivity contribution is 0.0174. The van der Waals surface area contributed by atoms with Crippen molar-refractivity contribution in [1.29, 1.82) is 0 Å². The third kappa shape index (κ3) is 5.23. The molecule has 1 aliphatic heterocycles. The lowest BCUT2D eigenvalue weighted by Gasteiger charge is -2.27. The average Bonchev–Trinajstić information content (AvgIpc) is 3.27. The van der Waals surface area contributed by atoms with Gasteiger partial charge in [-0.1, -0.05) is 36.4 Å². The van der Waals surface area contributed by atoms with Crippen LogP contribution in [0.1, 0.15) is 48.2 Å². The topological polar surface area (TPSA) is 89.2 Å². The highest BCUT2D eigenvalue weighted by atomic mass is 32.2. The van der Waals surface area contributed by atoms with Crippen LogP contribution in [-0.2, 0) is 28.8 Å². The van der Waals surface area contributed by atoms with Crippen LogP contribution >= 0.6 is 0 Å². The van der Waals surface area contributed by atoms with Crippen molar-refractivity contribution in [3.63, 3.8) is 0 Å². The molecule has 0 aliphatic carbocycles. The number of sulfonamides is 1. The van der Waals surface area contributed by atoms with Gasteiger partial charge < -0.3 is 4.90 Å². The van der Waals surface area contributed by atoms with E-state index >= 15 is 4.39 Å². The van der Waals surface area contributed by atoms with Crippen LogP contribution in [0.2, 0.25) is 0 Å². The van der Waals surface area contributed by atoms with Gasteiger partial charge in [-0.15, -0.1) is 0 Å². The number of hydrogen-bond donors (Lipinski definition) is 1. The first-order valence-electron chi connectivity index (χ1n) is 10.9. The predicted molar refractivity (Wildman–Crippen MR) is 123 cm³/mol. The van der Waals surface area contributed by atoms with Gasteiger partial charge in [0.15, 0.2) is 11.6 Å². The largest absolute Gasteiger partial charge is 0.347 e. The van der Waals surface area contributed by atoms with E-state index < -0.39 is 21.8 Å². The van der Waals surface area contributed by atoms with Crippen LogP contribution in [0.15, 0.2) is 59.8 Å². The molecule has 1 fully saturated rings. The van der Waals surface area contributed by atoms with Gasteiger partial charge in [0, 0.05) is 19.0 Å². The smallest absolute Gasteiger partial charge is 0.270 e. The predicted octanol–water partition coefficient (Wildman–Crippen LogP) is 4.50. The number of primary sulfonamides is 1. The summed E-state index contributed by atoms with van der Waals surface area (Å²) < 4.78 is 65.3. The molecule has 0 radical (unpaired) electrons. The fourth-order valence-corrected chi connectivity index (χ4v) is 4.76. The minimum Gasteiger partial charge on any atom is -0.347 e. The molecule has 1 unspecified atom stereocenters. The van der Waals surface area contributed by atoms with Crippen molar-refractivity contribution in [2.75, 3.05) is 11.4 Å². The van der Waals surface area contributed by atoms with Crippen LogP contribution < -0.4 is 10.0 Å². The van der Waals surface area contributed by atoms with Crippen molar-refractivity contribution in [3.05, 3.63) is 83.1 Å². The van der Waals surface area contributed by atoms with E-state index in [1.165, 1.54) is 30.6 Å². The van der Waals surface area contributed by atoms with Crippen LogP contribution in [0.3, 0.4) is 0 Å². The first kappa shape index (κ1) is 24.2. The van der Waals surface area contributed by atoms with E-state index in [2.05, 4.69) is 9.97 Å². The number of benzene rings is 2. The molecule has 2 aromatic carbocycles. The summed E-state index contributed by atoms with van der Waals surface area (Å²) in [6.45, 7) is 1.45. The molecule has 0 spiro atoms. The van der Waals surface area contributed by atoms with Gasteiger partial charge in [0.2, 0.25) is 10.0 Å². The van der Waals surface area contributed by atoms with Crippen molar-refractivity contribution in [1.82, 2.24) is 9.97 Å². The Balaban J connectivity index is 1.51. The highest BCUT2D eigenvalue weighted by Gasteiger charge is 2.31. The first-order valence-corrected chi connectivity index (χ1v) is 12.4. The SMILES string of the molecule is CC(F)(F)c1ccc(C2CCCN2c2ncnc(CCc3ccc(S(N)(=O)=O)cc3)c2F)cc1. The van der Waals surface area contributed by atoms with Crippen LogP contribution in [0, 0.1) is 5.82 Å². The molecule has 0 bridgehead atoms. The van der Waals surface area contributed by atoms with Crippen molar-refractivity contribution >= 4 is 15.8 Å². The minimum absolute atomic E-state index is 0.0162. The Bertz CT molecular complexity index is 1260. The van der Waals surface area contributed by atoms with Crippen molar-refractivity contribution in [2.24, 2.45) is 5.14 Å². The molecule has 1 aliphatic rings. The molecule has 0 saturated carbocycles. The number of alkyl halides is 2. The monoisotopic (exact) mass is 490 g/mol. The number of aryl methyl sites for hydroxylation is 2. The fraction of sp³-hybridized carbons (Fsp3) is 0.333. The second-order valence-electron chi connectivity index (χ2n) is 8.51. The molecule has 180 valence electrons. The minimum atomic E-state index is -3.77. The molecule has 1 atom stereocenters. The maximum Gasteiger partial charge on any atom is 0.270 e. The van der Waals surface area contributed by atoms with Gasteiger partial charge in [0.25, 0.3) is 5.92 Å². The zero-order valence-electron chi connectivity index (χ0n) is 18.6. The molecule has 10 heteroatoms. The average molecular weight is 491 g/mol. The van der Waals surface area contributed by atoms with Gasteiger partial charge >= 0.3 is 0 Å². The fourth-order valence-electron chi connectivity index (χ4n) is 4.24. The van der Waals surface area contributed by atoms with E-state index in [9.17, 15) is 17.2 Å². The molecule has 3 aromatic rings. The van der Waals surface area contributed by atoms with Crippen molar-refractivity contribution in [2.45, 2.75) is 49.5 Å². The van der Waals surface area contributed by atoms with Gasteiger partial charge in [-0.3, -0.25) is 0 Å². The van der Waals surface area contributed by atoms with Crippen LogP contribution in [0.4, 0.5) is 19.0 Å². The van der Waals surface area contributed by atoms with Crippen molar-refractivity contribution in [3.8, 4) is 0 Å². The summed E-state index contributed by atoms with van der Waals surface area (Å²) in [7, 11) is -3.77. The second-order valence-corrected chi connectivity index (χ2v) is 10.1. The summed E-state index contributed by atoms with van der Waals surface area (Å²) in [4.78, 5) is 10.2. The van der Waals surface area contributed by atoms with E-state index in [1.54, 1.807) is 24.3 Å². The Hall–Kier alpha value is -2.98. The Labute approximate surface area is 196 Å². The molecular weight excluding hydrogens is 465 g/mol. The highest BCUT2D eigenvalue weighted by molar-refractivity contribution is 7.89.